The highest BCUT2D eigenvalue weighted by Gasteiger charge is 2.18. The lowest BCUT2D eigenvalue weighted by Crippen LogP contribution is -2.25. The average molecular weight is 418 g/mol. The number of halogens is 3. The molecule has 1 amide bonds. The first kappa shape index (κ1) is 20.7. The van der Waals surface area contributed by atoms with Gasteiger partial charge in [-0.25, -0.2) is 13.8 Å². The van der Waals surface area contributed by atoms with Crippen LogP contribution >= 0.6 is 11.6 Å². The zero-order chi connectivity index (χ0) is 21.0. The number of fused-ring (bicyclic) bond motifs is 1. The van der Waals surface area contributed by atoms with Crippen LogP contribution in [0.1, 0.15) is 35.3 Å². The van der Waals surface area contributed by atoms with Crippen LogP contribution in [0.3, 0.4) is 0 Å². The summed E-state index contributed by atoms with van der Waals surface area (Å²) in [4.78, 5) is 17.0. The van der Waals surface area contributed by atoms with Crippen molar-refractivity contribution in [1.29, 1.82) is 5.26 Å². The summed E-state index contributed by atoms with van der Waals surface area (Å²) in [5.74, 6) is -0.446. The van der Waals surface area contributed by atoms with E-state index in [1.54, 1.807) is 37.5 Å². The molecular formula is C20H18ClF2N5O. The standard InChI is InChI=1S/C20H18ClF2N5O/c1-28-19(21)15(11-26-28)14-9-16(20(29)25-8-3-2-7-17(22)23)27-18-12(10-24)5-4-6-13(14)18/h4-6,9,11,17H,2-3,7-8H2,1H3,(H,25,29). The van der Waals surface area contributed by atoms with Crippen molar-refractivity contribution in [3.8, 4) is 17.2 Å². The van der Waals surface area contributed by atoms with Gasteiger partial charge in [-0.2, -0.15) is 10.4 Å². The molecule has 2 heterocycles. The highest BCUT2D eigenvalue weighted by molar-refractivity contribution is 6.32. The molecule has 0 spiro atoms. The van der Waals surface area contributed by atoms with E-state index in [2.05, 4.69) is 21.5 Å². The van der Waals surface area contributed by atoms with E-state index in [9.17, 15) is 18.8 Å². The summed E-state index contributed by atoms with van der Waals surface area (Å²) in [5.41, 5.74) is 2.07. The van der Waals surface area contributed by atoms with Gasteiger partial charge in [0.05, 0.1) is 17.3 Å². The molecular weight excluding hydrogens is 400 g/mol. The minimum Gasteiger partial charge on any atom is -0.351 e. The van der Waals surface area contributed by atoms with Crippen LogP contribution in [0.15, 0.2) is 30.5 Å². The Balaban J connectivity index is 1.97. The number of rotatable bonds is 7. The lowest BCUT2D eigenvalue weighted by atomic mass is 10.00. The first-order valence-electron chi connectivity index (χ1n) is 9.00. The van der Waals surface area contributed by atoms with Crippen molar-refractivity contribution >= 4 is 28.4 Å². The second kappa shape index (κ2) is 8.97. The van der Waals surface area contributed by atoms with Crippen molar-refractivity contribution in [1.82, 2.24) is 20.1 Å². The van der Waals surface area contributed by atoms with Crippen LogP contribution in [0.25, 0.3) is 22.0 Å². The molecule has 0 atom stereocenters. The predicted octanol–water partition coefficient (Wildman–Crippen LogP) is 4.33. The van der Waals surface area contributed by atoms with Crippen molar-refractivity contribution < 1.29 is 13.6 Å². The van der Waals surface area contributed by atoms with Crippen LogP contribution in [0, 0.1) is 11.3 Å². The number of aromatic nitrogens is 3. The molecule has 0 aliphatic rings. The normalized spacial score (nSPS) is 11.0. The number of nitriles is 1. The number of amides is 1. The SMILES string of the molecule is Cn1ncc(-c2cc(C(=O)NCCCCC(F)F)nc3c(C#N)cccc23)c1Cl. The first-order chi connectivity index (χ1) is 13.9. The summed E-state index contributed by atoms with van der Waals surface area (Å²) in [7, 11) is 1.70. The molecule has 0 bridgehead atoms. The zero-order valence-corrected chi connectivity index (χ0v) is 16.4. The van der Waals surface area contributed by atoms with Gasteiger partial charge in [-0.3, -0.25) is 9.48 Å². The second-order valence-electron chi connectivity index (χ2n) is 6.48. The molecule has 0 aliphatic carbocycles. The van der Waals surface area contributed by atoms with Crippen molar-refractivity contribution in [2.24, 2.45) is 7.05 Å². The Morgan fingerprint density at radius 2 is 2.14 bits per heavy atom. The van der Waals surface area contributed by atoms with E-state index in [1.807, 2.05) is 0 Å². The number of benzene rings is 1. The Morgan fingerprint density at radius 1 is 1.34 bits per heavy atom. The van der Waals surface area contributed by atoms with Gasteiger partial charge in [0.25, 0.3) is 5.91 Å². The van der Waals surface area contributed by atoms with E-state index in [-0.39, 0.29) is 18.7 Å². The maximum Gasteiger partial charge on any atom is 0.269 e. The fraction of sp³-hybridized carbons (Fsp3) is 0.300. The van der Waals surface area contributed by atoms with Crippen molar-refractivity contribution in [3.05, 3.63) is 46.9 Å². The van der Waals surface area contributed by atoms with Crippen LogP contribution in [0.4, 0.5) is 8.78 Å². The van der Waals surface area contributed by atoms with E-state index in [0.29, 0.717) is 45.6 Å². The number of para-hydroxylation sites is 1. The highest BCUT2D eigenvalue weighted by atomic mass is 35.5. The molecule has 0 radical (unpaired) electrons. The fourth-order valence-electron chi connectivity index (χ4n) is 3.00. The van der Waals surface area contributed by atoms with Crippen molar-refractivity contribution in [3.63, 3.8) is 0 Å². The van der Waals surface area contributed by atoms with E-state index in [0.717, 1.165) is 0 Å². The number of carbonyl (C=O) groups excluding carboxylic acids is 1. The van der Waals surface area contributed by atoms with E-state index in [1.165, 1.54) is 4.68 Å². The summed E-state index contributed by atoms with van der Waals surface area (Å²) in [5, 5.41) is 17.3. The molecule has 3 rings (SSSR count). The van der Waals surface area contributed by atoms with E-state index < -0.39 is 12.3 Å². The van der Waals surface area contributed by atoms with E-state index in [4.69, 9.17) is 11.6 Å². The number of nitrogens with zero attached hydrogens (tertiary/aromatic N) is 4. The monoisotopic (exact) mass is 417 g/mol. The molecule has 2 aromatic heterocycles. The average Bonchev–Trinajstić information content (AvgIpc) is 3.04. The Bertz CT molecular complexity index is 1090. The molecule has 0 saturated carbocycles. The second-order valence-corrected chi connectivity index (χ2v) is 6.84. The molecule has 0 saturated heterocycles. The maximum absolute atomic E-state index is 12.6. The first-order valence-corrected chi connectivity index (χ1v) is 9.38. The number of nitrogens with one attached hydrogen (secondary N) is 1. The fourth-order valence-corrected chi connectivity index (χ4v) is 3.19. The van der Waals surface area contributed by atoms with Gasteiger partial charge in [-0.1, -0.05) is 23.7 Å². The third kappa shape index (κ3) is 4.51. The Labute approximate surface area is 171 Å². The third-order valence-electron chi connectivity index (χ3n) is 4.48. The smallest absolute Gasteiger partial charge is 0.269 e. The van der Waals surface area contributed by atoms with Gasteiger partial charge in [0.15, 0.2) is 0 Å². The summed E-state index contributed by atoms with van der Waals surface area (Å²) in [6.07, 6.45) is -0.197. The van der Waals surface area contributed by atoms with Crippen LogP contribution < -0.4 is 5.32 Å². The predicted molar refractivity (Wildman–Crippen MR) is 106 cm³/mol. The molecule has 0 unspecified atom stereocenters. The summed E-state index contributed by atoms with van der Waals surface area (Å²) < 4.78 is 25.9. The molecule has 6 nitrogen and oxygen atoms in total. The molecule has 150 valence electrons. The number of pyridine rings is 1. The maximum atomic E-state index is 12.6. The minimum absolute atomic E-state index is 0.115. The molecule has 1 aromatic carbocycles. The van der Waals surface area contributed by atoms with Gasteiger partial charge in [-0.15, -0.1) is 0 Å². The summed E-state index contributed by atoms with van der Waals surface area (Å²) in [6, 6.07) is 8.84. The van der Waals surface area contributed by atoms with Crippen LogP contribution in [0.2, 0.25) is 5.15 Å². The largest absolute Gasteiger partial charge is 0.351 e. The van der Waals surface area contributed by atoms with Gasteiger partial charge < -0.3 is 5.32 Å². The van der Waals surface area contributed by atoms with E-state index >= 15 is 0 Å². The molecule has 0 aliphatic heterocycles. The summed E-state index contributed by atoms with van der Waals surface area (Å²) >= 11 is 6.35. The molecule has 29 heavy (non-hydrogen) atoms. The number of carbonyl (C=O) groups is 1. The summed E-state index contributed by atoms with van der Waals surface area (Å²) in [6.45, 7) is 0.258. The van der Waals surface area contributed by atoms with Gasteiger partial charge in [0.2, 0.25) is 6.43 Å². The lowest BCUT2D eigenvalue weighted by molar-refractivity contribution is 0.0947. The van der Waals surface area contributed by atoms with Crippen LogP contribution in [-0.4, -0.2) is 33.6 Å². The Morgan fingerprint density at radius 3 is 2.79 bits per heavy atom. The minimum atomic E-state index is -2.34. The van der Waals surface area contributed by atoms with Crippen molar-refractivity contribution in [2.75, 3.05) is 6.54 Å². The molecule has 1 N–H and O–H groups in total. The topological polar surface area (TPSA) is 83.6 Å². The van der Waals surface area contributed by atoms with Crippen molar-refractivity contribution in [2.45, 2.75) is 25.7 Å². The number of hydrogen-bond acceptors (Lipinski definition) is 4. The van der Waals surface area contributed by atoms with Crippen LogP contribution in [-0.2, 0) is 7.05 Å². The molecule has 0 fully saturated rings. The third-order valence-corrected chi connectivity index (χ3v) is 4.93. The van der Waals surface area contributed by atoms with Gasteiger partial charge >= 0.3 is 0 Å². The van der Waals surface area contributed by atoms with Crippen LogP contribution in [0.5, 0.6) is 0 Å². The molecule has 9 heteroatoms. The lowest BCUT2D eigenvalue weighted by Gasteiger charge is -2.11. The number of hydrogen-bond donors (Lipinski definition) is 1. The zero-order valence-electron chi connectivity index (χ0n) is 15.6. The van der Waals surface area contributed by atoms with Gasteiger partial charge in [-0.05, 0) is 30.5 Å². The quantitative estimate of drug-likeness (QED) is 0.580. The number of aryl methyl sites for hydroxylation is 1. The number of alkyl halides is 2. The molecule has 3 aromatic rings. The highest BCUT2D eigenvalue weighted by Crippen LogP contribution is 2.34. The Hall–Kier alpha value is -3.05. The number of unbranched alkanes of at least 4 members (excludes halogenated alkanes) is 1. The Kier molecular flexibility index (Phi) is 6.39. The van der Waals surface area contributed by atoms with Gasteiger partial charge in [0, 0.05) is 31.0 Å². The van der Waals surface area contributed by atoms with Gasteiger partial charge in [0.1, 0.15) is 16.9 Å².